The van der Waals surface area contributed by atoms with Gasteiger partial charge in [0.25, 0.3) is 0 Å². The van der Waals surface area contributed by atoms with Crippen LogP contribution in [0.2, 0.25) is 0 Å². The molecule has 2 aromatic heterocycles. The van der Waals surface area contributed by atoms with Crippen LogP contribution in [0, 0.1) is 0 Å². The Balaban J connectivity index is 2.07. The first-order valence-electron chi connectivity index (χ1n) is 5.16. The molecular weight excluding hydrogens is 252 g/mol. The van der Waals surface area contributed by atoms with Crippen LogP contribution in [0.1, 0.15) is 5.56 Å². The van der Waals surface area contributed by atoms with Crippen LogP contribution in [0.25, 0.3) is 5.82 Å². The third kappa shape index (κ3) is 3.02. The van der Waals surface area contributed by atoms with E-state index in [0.717, 1.165) is 16.8 Å². The number of hydrogen-bond donors (Lipinski definition) is 1. The Morgan fingerprint density at radius 1 is 1.44 bits per heavy atom. The summed E-state index contributed by atoms with van der Waals surface area (Å²) >= 11 is 0. The number of pyridine rings is 1. The van der Waals surface area contributed by atoms with E-state index in [-0.39, 0.29) is 6.54 Å². The first-order valence-corrected chi connectivity index (χ1v) is 6.71. The van der Waals surface area contributed by atoms with Gasteiger partial charge in [0.15, 0.2) is 0 Å². The van der Waals surface area contributed by atoms with E-state index in [0.29, 0.717) is 0 Å². The van der Waals surface area contributed by atoms with Crippen molar-refractivity contribution >= 4 is 10.0 Å². The first-order chi connectivity index (χ1) is 8.61. The van der Waals surface area contributed by atoms with Crippen LogP contribution in [0.4, 0.5) is 0 Å². The molecule has 2 heterocycles. The molecule has 0 saturated heterocycles. The Hall–Kier alpha value is -1.99. The van der Waals surface area contributed by atoms with Gasteiger partial charge in [-0.25, -0.2) is 23.1 Å². The summed E-state index contributed by atoms with van der Waals surface area (Å²) in [5.74, 6) is 0.725. The van der Waals surface area contributed by atoms with E-state index in [4.69, 9.17) is 0 Å². The van der Waals surface area contributed by atoms with E-state index in [1.54, 1.807) is 41.6 Å². The minimum atomic E-state index is -3.40. The number of imidazole rings is 1. The number of nitrogens with one attached hydrogen (secondary N) is 1. The van der Waals surface area contributed by atoms with E-state index in [1.807, 2.05) is 0 Å². The molecular formula is C11H12N4O2S. The van der Waals surface area contributed by atoms with Gasteiger partial charge in [0.05, 0.1) is 0 Å². The number of hydrogen-bond acceptors (Lipinski definition) is 4. The Bertz CT molecular complexity index is 618. The number of sulfonamides is 1. The SMILES string of the molecule is C=CS(=O)(=O)NCc1ccc(-n2ccnc2)nc1. The molecule has 0 unspecified atom stereocenters. The highest BCUT2D eigenvalue weighted by atomic mass is 32.2. The van der Waals surface area contributed by atoms with Crippen LogP contribution in [0.5, 0.6) is 0 Å². The monoisotopic (exact) mass is 264 g/mol. The molecule has 0 bridgehead atoms. The summed E-state index contributed by atoms with van der Waals surface area (Å²) in [5, 5.41) is 0.875. The van der Waals surface area contributed by atoms with Gasteiger partial charge in [-0.05, 0) is 11.6 Å². The normalized spacial score (nSPS) is 11.3. The summed E-state index contributed by atoms with van der Waals surface area (Å²) in [6.45, 7) is 3.40. The van der Waals surface area contributed by atoms with Crippen LogP contribution in [0.3, 0.4) is 0 Å². The fraction of sp³-hybridized carbons (Fsp3) is 0.0909. The van der Waals surface area contributed by atoms with Gasteiger partial charge in [-0.3, -0.25) is 4.57 Å². The molecule has 94 valence electrons. The van der Waals surface area contributed by atoms with Crippen molar-refractivity contribution in [3.8, 4) is 5.82 Å². The molecule has 0 spiro atoms. The second-order valence-electron chi connectivity index (χ2n) is 3.53. The van der Waals surface area contributed by atoms with Crippen molar-refractivity contribution in [1.82, 2.24) is 19.3 Å². The van der Waals surface area contributed by atoms with Crippen molar-refractivity contribution < 1.29 is 8.42 Å². The van der Waals surface area contributed by atoms with Crippen molar-refractivity contribution in [2.45, 2.75) is 6.54 Å². The van der Waals surface area contributed by atoms with Crippen molar-refractivity contribution in [2.75, 3.05) is 0 Å². The zero-order chi connectivity index (χ0) is 13.0. The maximum absolute atomic E-state index is 11.2. The van der Waals surface area contributed by atoms with Gasteiger partial charge in [-0.2, -0.15) is 0 Å². The van der Waals surface area contributed by atoms with Gasteiger partial charge in [0.1, 0.15) is 12.1 Å². The molecule has 1 N–H and O–H groups in total. The first kappa shape index (κ1) is 12.5. The van der Waals surface area contributed by atoms with Crippen LogP contribution < -0.4 is 4.72 Å². The minimum Gasteiger partial charge on any atom is -0.291 e. The van der Waals surface area contributed by atoms with E-state index in [2.05, 4.69) is 21.3 Å². The largest absolute Gasteiger partial charge is 0.291 e. The second-order valence-corrected chi connectivity index (χ2v) is 5.24. The lowest BCUT2D eigenvalue weighted by Crippen LogP contribution is -2.20. The van der Waals surface area contributed by atoms with Crippen molar-refractivity contribution in [3.63, 3.8) is 0 Å². The molecule has 0 aliphatic carbocycles. The standard InChI is InChI=1S/C11H12N4O2S/c1-2-18(16,17)14-8-10-3-4-11(13-7-10)15-6-5-12-9-15/h2-7,9,14H,1,8H2. The lowest BCUT2D eigenvalue weighted by atomic mass is 10.3. The molecule has 0 aliphatic heterocycles. The van der Waals surface area contributed by atoms with Crippen LogP contribution >= 0.6 is 0 Å². The molecule has 0 amide bonds. The van der Waals surface area contributed by atoms with Crippen LogP contribution in [-0.4, -0.2) is 23.0 Å². The van der Waals surface area contributed by atoms with Gasteiger partial charge in [0, 0.05) is 30.5 Å². The number of aromatic nitrogens is 3. The molecule has 7 heteroatoms. The summed E-state index contributed by atoms with van der Waals surface area (Å²) in [7, 11) is -3.40. The zero-order valence-corrected chi connectivity index (χ0v) is 10.3. The fourth-order valence-electron chi connectivity index (χ4n) is 1.31. The predicted molar refractivity (Wildman–Crippen MR) is 67.3 cm³/mol. The molecule has 0 radical (unpaired) electrons. The van der Waals surface area contributed by atoms with Crippen molar-refractivity contribution in [2.24, 2.45) is 0 Å². The quantitative estimate of drug-likeness (QED) is 0.867. The fourth-order valence-corrected chi connectivity index (χ4v) is 1.80. The molecule has 18 heavy (non-hydrogen) atoms. The Morgan fingerprint density at radius 2 is 2.28 bits per heavy atom. The predicted octanol–water partition coefficient (Wildman–Crippen LogP) is 0.830. The lowest BCUT2D eigenvalue weighted by molar-refractivity contribution is 0.590. The van der Waals surface area contributed by atoms with Gasteiger partial charge in [-0.1, -0.05) is 12.6 Å². The maximum atomic E-state index is 11.2. The van der Waals surface area contributed by atoms with E-state index >= 15 is 0 Å². The average Bonchev–Trinajstić information content (AvgIpc) is 2.91. The van der Waals surface area contributed by atoms with E-state index < -0.39 is 10.0 Å². The Labute approximate surface area is 105 Å². The summed E-state index contributed by atoms with van der Waals surface area (Å²) in [5.41, 5.74) is 0.768. The Morgan fingerprint density at radius 3 is 2.83 bits per heavy atom. The summed E-state index contributed by atoms with van der Waals surface area (Å²) in [6, 6.07) is 3.59. The van der Waals surface area contributed by atoms with Crippen molar-refractivity contribution in [3.05, 3.63) is 54.6 Å². The maximum Gasteiger partial charge on any atom is 0.233 e. The molecule has 0 fully saturated rings. The molecule has 2 rings (SSSR count). The molecule has 0 aromatic carbocycles. The van der Waals surface area contributed by atoms with Gasteiger partial charge < -0.3 is 0 Å². The van der Waals surface area contributed by atoms with Gasteiger partial charge in [0.2, 0.25) is 10.0 Å². The summed E-state index contributed by atoms with van der Waals surface area (Å²) in [4.78, 5) is 8.13. The third-order valence-electron chi connectivity index (χ3n) is 2.27. The average molecular weight is 264 g/mol. The number of nitrogens with zero attached hydrogens (tertiary/aromatic N) is 3. The second kappa shape index (κ2) is 5.11. The molecule has 0 saturated carbocycles. The van der Waals surface area contributed by atoms with Crippen molar-refractivity contribution in [1.29, 1.82) is 0 Å². The van der Waals surface area contributed by atoms with E-state index in [9.17, 15) is 8.42 Å². The molecule has 2 aromatic rings. The van der Waals surface area contributed by atoms with Gasteiger partial charge >= 0.3 is 0 Å². The van der Waals surface area contributed by atoms with Crippen LogP contribution in [-0.2, 0) is 16.6 Å². The highest BCUT2D eigenvalue weighted by Crippen LogP contribution is 2.05. The smallest absolute Gasteiger partial charge is 0.233 e. The third-order valence-corrected chi connectivity index (χ3v) is 3.26. The topological polar surface area (TPSA) is 76.9 Å². The molecule has 6 nitrogen and oxygen atoms in total. The van der Waals surface area contributed by atoms with Crippen LogP contribution in [0.15, 0.2) is 49.0 Å². The highest BCUT2D eigenvalue weighted by Gasteiger charge is 2.04. The lowest BCUT2D eigenvalue weighted by Gasteiger charge is -2.04. The number of rotatable bonds is 5. The van der Waals surface area contributed by atoms with Gasteiger partial charge in [-0.15, -0.1) is 0 Å². The minimum absolute atomic E-state index is 0.186. The van der Waals surface area contributed by atoms with E-state index in [1.165, 1.54) is 0 Å². The molecule has 0 atom stereocenters. The molecule has 0 aliphatic rings. The zero-order valence-electron chi connectivity index (χ0n) is 9.52. The Kier molecular flexibility index (Phi) is 3.54. The summed E-state index contributed by atoms with van der Waals surface area (Å²) in [6.07, 6.45) is 6.69. The summed E-state index contributed by atoms with van der Waals surface area (Å²) < 4.78 is 26.5. The highest BCUT2D eigenvalue weighted by molar-refractivity contribution is 7.92.